The molecule has 1 aromatic carbocycles. The van der Waals surface area contributed by atoms with E-state index in [-0.39, 0.29) is 12.4 Å². The summed E-state index contributed by atoms with van der Waals surface area (Å²) in [6, 6.07) is 7.58. The lowest BCUT2D eigenvalue weighted by atomic mass is 10.2. The van der Waals surface area contributed by atoms with E-state index in [1.165, 1.54) is 18.3 Å². The Balaban J connectivity index is 1.86. The van der Waals surface area contributed by atoms with E-state index in [9.17, 15) is 18.0 Å². The lowest BCUT2D eigenvalue weighted by molar-refractivity contribution is -0.137. The molecule has 0 fully saturated rings. The van der Waals surface area contributed by atoms with Crippen LogP contribution in [-0.4, -0.2) is 31.6 Å². The first-order valence-corrected chi connectivity index (χ1v) is 6.99. The van der Waals surface area contributed by atoms with Crippen LogP contribution < -0.4 is 15.0 Å². The first kappa shape index (κ1) is 17.6. The number of rotatable bonds is 5. The van der Waals surface area contributed by atoms with Crippen LogP contribution >= 0.6 is 0 Å². The highest BCUT2D eigenvalue weighted by Gasteiger charge is 2.30. The fourth-order valence-corrected chi connectivity index (χ4v) is 1.81. The second kappa shape index (κ2) is 7.20. The third kappa shape index (κ3) is 4.87. The predicted molar refractivity (Wildman–Crippen MR) is 84.1 cm³/mol. The fourth-order valence-electron chi connectivity index (χ4n) is 1.81. The molecular weight excluding hydrogens is 323 g/mol. The number of carbonyl (C=O) groups is 1. The Morgan fingerprint density at radius 2 is 1.83 bits per heavy atom. The molecule has 8 heteroatoms. The molecule has 0 bridgehead atoms. The molecule has 24 heavy (non-hydrogen) atoms. The van der Waals surface area contributed by atoms with Gasteiger partial charge in [-0.1, -0.05) is 0 Å². The van der Waals surface area contributed by atoms with Gasteiger partial charge in [0.1, 0.15) is 11.6 Å². The van der Waals surface area contributed by atoms with Gasteiger partial charge in [-0.3, -0.25) is 4.79 Å². The Kier molecular flexibility index (Phi) is 5.28. The largest absolute Gasteiger partial charge is 0.484 e. The van der Waals surface area contributed by atoms with Crippen molar-refractivity contribution in [2.45, 2.75) is 6.18 Å². The molecule has 2 aromatic rings. The second-order valence-electron chi connectivity index (χ2n) is 5.16. The number of hydrogen-bond donors (Lipinski definition) is 1. The Morgan fingerprint density at radius 1 is 1.17 bits per heavy atom. The molecule has 0 atom stereocenters. The van der Waals surface area contributed by atoms with Crippen LogP contribution in [-0.2, 0) is 11.0 Å². The lowest BCUT2D eigenvalue weighted by Gasteiger charge is -2.12. The number of amides is 1. The van der Waals surface area contributed by atoms with Gasteiger partial charge in [0, 0.05) is 14.1 Å². The molecule has 128 valence electrons. The minimum Gasteiger partial charge on any atom is -0.484 e. The number of ether oxygens (including phenoxy) is 1. The lowest BCUT2D eigenvalue weighted by Crippen LogP contribution is -2.20. The van der Waals surface area contributed by atoms with Crippen LogP contribution in [0.1, 0.15) is 5.56 Å². The summed E-state index contributed by atoms with van der Waals surface area (Å²) in [6.07, 6.45) is -2.90. The number of carbonyl (C=O) groups excluding carboxylic acids is 1. The van der Waals surface area contributed by atoms with Crippen molar-refractivity contribution in [1.82, 2.24) is 4.98 Å². The Labute approximate surface area is 137 Å². The summed E-state index contributed by atoms with van der Waals surface area (Å²) < 4.78 is 42.5. The highest BCUT2D eigenvalue weighted by atomic mass is 19.4. The average molecular weight is 339 g/mol. The molecule has 0 aliphatic carbocycles. The number of halogens is 3. The molecule has 1 aromatic heterocycles. The van der Waals surface area contributed by atoms with Crippen molar-refractivity contribution in [2.24, 2.45) is 0 Å². The monoisotopic (exact) mass is 339 g/mol. The van der Waals surface area contributed by atoms with Gasteiger partial charge in [0.15, 0.2) is 6.61 Å². The number of hydrogen-bond acceptors (Lipinski definition) is 4. The van der Waals surface area contributed by atoms with Crippen molar-refractivity contribution in [1.29, 1.82) is 0 Å². The van der Waals surface area contributed by atoms with E-state index in [1.807, 2.05) is 19.0 Å². The zero-order valence-corrected chi connectivity index (χ0v) is 13.1. The van der Waals surface area contributed by atoms with E-state index in [0.717, 1.165) is 18.0 Å². The van der Waals surface area contributed by atoms with E-state index >= 15 is 0 Å². The van der Waals surface area contributed by atoms with Crippen LogP contribution in [0.4, 0.5) is 24.7 Å². The molecule has 0 spiro atoms. The smallest absolute Gasteiger partial charge is 0.416 e. The molecule has 2 rings (SSSR count). The molecule has 0 saturated heterocycles. The van der Waals surface area contributed by atoms with Gasteiger partial charge in [-0.25, -0.2) is 4.98 Å². The number of nitrogens with zero attached hydrogens (tertiary/aromatic N) is 2. The van der Waals surface area contributed by atoms with Crippen molar-refractivity contribution >= 4 is 17.4 Å². The van der Waals surface area contributed by atoms with Crippen molar-refractivity contribution in [3.8, 4) is 5.75 Å². The zero-order valence-electron chi connectivity index (χ0n) is 13.1. The third-order valence-corrected chi connectivity index (χ3v) is 3.04. The number of pyridine rings is 1. The fraction of sp³-hybridized carbons (Fsp3) is 0.250. The number of nitrogens with one attached hydrogen (secondary N) is 1. The minimum atomic E-state index is -4.40. The van der Waals surface area contributed by atoms with Gasteiger partial charge >= 0.3 is 6.18 Å². The molecular formula is C16H16F3N3O2. The van der Waals surface area contributed by atoms with Gasteiger partial charge in [-0.05, 0) is 36.4 Å². The quantitative estimate of drug-likeness (QED) is 0.909. The third-order valence-electron chi connectivity index (χ3n) is 3.04. The highest BCUT2D eigenvalue weighted by Crippen LogP contribution is 2.30. The van der Waals surface area contributed by atoms with Gasteiger partial charge in [-0.2, -0.15) is 13.2 Å². The highest BCUT2D eigenvalue weighted by molar-refractivity contribution is 5.91. The summed E-state index contributed by atoms with van der Waals surface area (Å²) in [7, 11) is 3.69. The van der Waals surface area contributed by atoms with Crippen LogP contribution in [0.25, 0.3) is 0 Å². The topological polar surface area (TPSA) is 54.5 Å². The van der Waals surface area contributed by atoms with Crippen molar-refractivity contribution in [3.63, 3.8) is 0 Å². The minimum absolute atomic E-state index is 0.180. The van der Waals surface area contributed by atoms with Crippen molar-refractivity contribution in [3.05, 3.63) is 48.2 Å². The van der Waals surface area contributed by atoms with Gasteiger partial charge in [-0.15, -0.1) is 0 Å². The van der Waals surface area contributed by atoms with Crippen LogP contribution in [0.5, 0.6) is 5.75 Å². The molecule has 0 saturated carbocycles. The Bertz CT molecular complexity index is 683. The van der Waals surface area contributed by atoms with Crippen LogP contribution in [0.2, 0.25) is 0 Å². The van der Waals surface area contributed by atoms with E-state index in [4.69, 9.17) is 4.74 Å². The maximum atomic E-state index is 12.4. The Hall–Kier alpha value is -2.77. The van der Waals surface area contributed by atoms with E-state index < -0.39 is 17.6 Å². The maximum Gasteiger partial charge on any atom is 0.416 e. The average Bonchev–Trinajstić information content (AvgIpc) is 2.53. The summed E-state index contributed by atoms with van der Waals surface area (Å²) in [5.74, 6) is 0.488. The zero-order chi connectivity index (χ0) is 17.7. The number of benzene rings is 1. The summed E-state index contributed by atoms with van der Waals surface area (Å²) in [4.78, 5) is 17.7. The molecule has 5 nitrogen and oxygen atoms in total. The molecule has 0 radical (unpaired) electrons. The first-order valence-electron chi connectivity index (χ1n) is 6.99. The predicted octanol–water partition coefficient (Wildman–Crippen LogP) is 3.18. The molecule has 0 aliphatic heterocycles. The molecule has 0 aliphatic rings. The van der Waals surface area contributed by atoms with E-state index in [1.54, 1.807) is 12.1 Å². The maximum absolute atomic E-state index is 12.4. The summed E-state index contributed by atoms with van der Waals surface area (Å²) in [6.45, 7) is -0.319. The van der Waals surface area contributed by atoms with Gasteiger partial charge in [0.05, 0.1) is 17.4 Å². The van der Waals surface area contributed by atoms with Gasteiger partial charge in [0.25, 0.3) is 5.91 Å². The molecule has 1 heterocycles. The summed E-state index contributed by atoms with van der Waals surface area (Å²) in [5, 5.41) is 2.59. The van der Waals surface area contributed by atoms with Crippen molar-refractivity contribution in [2.75, 3.05) is 30.9 Å². The van der Waals surface area contributed by atoms with Crippen molar-refractivity contribution < 1.29 is 22.7 Å². The van der Waals surface area contributed by atoms with Gasteiger partial charge < -0.3 is 15.0 Å². The number of anilines is 2. The summed E-state index contributed by atoms with van der Waals surface area (Å²) in [5.41, 5.74) is -0.270. The summed E-state index contributed by atoms with van der Waals surface area (Å²) >= 11 is 0. The van der Waals surface area contributed by atoms with E-state index in [2.05, 4.69) is 10.3 Å². The Morgan fingerprint density at radius 3 is 2.33 bits per heavy atom. The number of aromatic nitrogens is 1. The number of alkyl halides is 3. The normalized spacial score (nSPS) is 11.0. The standard InChI is InChI=1S/C16H16F3N3O2/c1-22(2)14-8-5-12(9-20-14)21-15(23)10-24-13-6-3-11(4-7-13)16(17,18)19/h3-9H,10H2,1-2H3,(H,21,23). The van der Waals surface area contributed by atoms with Crippen LogP contribution in [0.15, 0.2) is 42.6 Å². The molecule has 1 amide bonds. The molecule has 1 N–H and O–H groups in total. The molecule has 0 unspecified atom stereocenters. The van der Waals surface area contributed by atoms with E-state index in [0.29, 0.717) is 5.69 Å². The van der Waals surface area contributed by atoms with Crippen LogP contribution in [0.3, 0.4) is 0 Å². The van der Waals surface area contributed by atoms with Crippen LogP contribution in [0, 0.1) is 0 Å². The first-order chi connectivity index (χ1) is 11.3. The SMILES string of the molecule is CN(C)c1ccc(NC(=O)COc2ccc(C(F)(F)F)cc2)cn1. The van der Waals surface area contributed by atoms with Gasteiger partial charge in [0.2, 0.25) is 0 Å². The second-order valence-corrected chi connectivity index (χ2v) is 5.16.